The monoisotopic (exact) mass is 1060 g/mol. The molecule has 0 saturated carbocycles. The largest absolute Gasteiger partial charge is 0.468 e. The summed E-state index contributed by atoms with van der Waals surface area (Å²) in [6.45, 7) is 7.25. The van der Waals surface area contributed by atoms with E-state index in [2.05, 4.69) is 46.1 Å². The first kappa shape index (κ1) is 55.9. The van der Waals surface area contributed by atoms with Crippen LogP contribution in [0.4, 0.5) is 4.79 Å². The summed E-state index contributed by atoms with van der Waals surface area (Å²) < 4.78 is 75.4. The van der Waals surface area contributed by atoms with Crippen LogP contribution in [0.15, 0.2) is 118 Å². The van der Waals surface area contributed by atoms with Gasteiger partial charge in [0.1, 0.15) is 24.3 Å². The fourth-order valence-electron chi connectivity index (χ4n) is 7.42. The van der Waals surface area contributed by atoms with E-state index in [0.29, 0.717) is 24.2 Å². The fourth-order valence-corrected chi connectivity index (χ4v) is 9.64. The van der Waals surface area contributed by atoms with Crippen molar-refractivity contribution in [3.63, 3.8) is 0 Å². The molecule has 4 aromatic carbocycles. The van der Waals surface area contributed by atoms with E-state index in [0.717, 1.165) is 55.5 Å². The van der Waals surface area contributed by atoms with E-state index in [9.17, 15) is 40.8 Å². The third kappa shape index (κ3) is 16.8. The number of methoxy groups -OCH3 is 1. The van der Waals surface area contributed by atoms with Crippen molar-refractivity contribution in [2.45, 2.75) is 87.1 Å². The van der Waals surface area contributed by atoms with Crippen LogP contribution in [0.1, 0.15) is 62.4 Å². The van der Waals surface area contributed by atoms with Crippen LogP contribution in [0.25, 0.3) is 22.0 Å². The zero-order chi connectivity index (χ0) is 53.3. The molecule has 74 heavy (non-hydrogen) atoms. The molecule has 0 spiro atoms. The van der Waals surface area contributed by atoms with E-state index in [1.165, 1.54) is 48.5 Å². The van der Waals surface area contributed by atoms with E-state index in [1.807, 2.05) is 10.7 Å². The van der Waals surface area contributed by atoms with Crippen LogP contribution in [-0.2, 0) is 61.8 Å². The van der Waals surface area contributed by atoms with Gasteiger partial charge in [0.15, 0.2) is 5.96 Å². The summed E-state index contributed by atoms with van der Waals surface area (Å²) >= 11 is 0. The number of fused-ring (bicyclic) bond motifs is 1. The Bertz CT molecular complexity index is 3000. The fraction of sp³-hybridized carbons (Fsp3) is 0.380. The van der Waals surface area contributed by atoms with Gasteiger partial charge in [-0.25, -0.2) is 26.4 Å². The Morgan fingerprint density at radius 1 is 0.811 bits per heavy atom. The van der Waals surface area contributed by atoms with Crippen molar-refractivity contribution >= 4 is 66.8 Å². The molecule has 2 atom stereocenters. The first-order valence-electron chi connectivity index (χ1n) is 23.8. The SMILES string of the molecule is COC(=O)C(CNC(=O)c1ccc2c(cnn2CCCNC2=NCCCN2)c1)NS(=O)(=O)c1ccc(-c2ccc(S(=O)(=O)NCCNC(=O)C(CCC(=O)OC(C)(C)C)NC(=O)OCc3ccccc3)cc2)cc1. The minimum absolute atomic E-state index is 0.0560. The Balaban J connectivity index is 0.979. The van der Waals surface area contributed by atoms with Gasteiger partial charge in [-0.3, -0.25) is 28.9 Å². The molecule has 1 aliphatic rings. The molecule has 1 aromatic heterocycles. The van der Waals surface area contributed by atoms with Crippen LogP contribution >= 0.6 is 0 Å². The second-order valence-corrected chi connectivity index (χ2v) is 21.4. The Morgan fingerprint density at radius 3 is 2.15 bits per heavy atom. The number of rotatable bonds is 24. The van der Waals surface area contributed by atoms with Gasteiger partial charge >= 0.3 is 18.0 Å². The van der Waals surface area contributed by atoms with E-state index >= 15 is 0 Å². The van der Waals surface area contributed by atoms with Crippen molar-refractivity contribution in [2.24, 2.45) is 4.99 Å². The van der Waals surface area contributed by atoms with Crippen LogP contribution in [0.3, 0.4) is 0 Å². The van der Waals surface area contributed by atoms with E-state index < -0.39 is 74.1 Å². The lowest BCUT2D eigenvalue weighted by Gasteiger charge is -2.21. The summed E-state index contributed by atoms with van der Waals surface area (Å²) in [7, 11) is -7.30. The Morgan fingerprint density at radius 2 is 1.50 bits per heavy atom. The molecule has 3 amide bonds. The highest BCUT2D eigenvalue weighted by Gasteiger charge is 2.28. The van der Waals surface area contributed by atoms with Crippen molar-refractivity contribution in [3.8, 4) is 11.1 Å². The summed E-state index contributed by atoms with van der Waals surface area (Å²) in [5.74, 6) is -1.93. The van der Waals surface area contributed by atoms with Gasteiger partial charge < -0.3 is 40.8 Å². The molecular weight excluding hydrogens is 997 g/mol. The van der Waals surface area contributed by atoms with Gasteiger partial charge in [-0.15, -0.1) is 0 Å². The highest BCUT2D eigenvalue weighted by molar-refractivity contribution is 7.89. The van der Waals surface area contributed by atoms with Gasteiger partial charge in [0.25, 0.3) is 5.91 Å². The summed E-state index contributed by atoms with van der Waals surface area (Å²) in [5.41, 5.74) is 2.16. The summed E-state index contributed by atoms with van der Waals surface area (Å²) in [4.78, 5) is 68.3. The number of hydrogen-bond acceptors (Lipinski definition) is 16. The van der Waals surface area contributed by atoms with Gasteiger partial charge in [0.05, 0.1) is 28.6 Å². The Hall–Kier alpha value is -7.41. The molecule has 22 nitrogen and oxygen atoms in total. The van der Waals surface area contributed by atoms with Gasteiger partial charge in [0, 0.05) is 63.2 Å². The number of guanidine groups is 1. The molecule has 2 heterocycles. The number of carbonyl (C=O) groups is 5. The minimum Gasteiger partial charge on any atom is -0.468 e. The second kappa shape index (κ2) is 26.0. The Labute approximate surface area is 429 Å². The lowest BCUT2D eigenvalue weighted by Crippen LogP contribution is -2.48. The lowest BCUT2D eigenvalue weighted by molar-refractivity contribution is -0.155. The molecule has 0 fully saturated rings. The molecule has 1 aliphatic heterocycles. The van der Waals surface area contributed by atoms with Crippen LogP contribution in [0.5, 0.6) is 0 Å². The molecule has 0 radical (unpaired) electrons. The second-order valence-electron chi connectivity index (χ2n) is 18.0. The maximum absolute atomic E-state index is 13.5. The summed E-state index contributed by atoms with van der Waals surface area (Å²) in [5, 5.41) is 19.3. The summed E-state index contributed by atoms with van der Waals surface area (Å²) in [6.07, 6.45) is 2.25. The molecule has 7 N–H and O–H groups in total. The quantitative estimate of drug-likeness (QED) is 0.0266. The van der Waals surface area contributed by atoms with Crippen LogP contribution in [0, 0.1) is 0 Å². The highest BCUT2D eigenvalue weighted by Crippen LogP contribution is 2.24. The standard InChI is InChI=1S/C50H62N10O12S2/c1-50(2,3)72-44(61)23-21-41(58-49(65)71-33-34-10-6-5-7-11-34)46(63)51-27-28-57-73(66,67)39-17-12-35(13-18-39)36-14-19-40(20-15-36)74(68,69)59-42(47(64)70-4)32-55-45(62)37-16-22-43-38(30-37)31-56-60(43)29-9-26-54-48-52-24-8-25-53-48/h5-7,10-20,22,30-31,41-42,57,59H,8-9,21,23-29,32-33H2,1-4H3,(H,51,63)(H,55,62)(H,58,65)(H2,52,53,54). The average molecular weight is 1060 g/mol. The average Bonchev–Trinajstić information content (AvgIpc) is 3.80. The van der Waals surface area contributed by atoms with Crippen molar-refractivity contribution in [2.75, 3.05) is 46.4 Å². The van der Waals surface area contributed by atoms with Gasteiger partial charge in [-0.05, 0) is 99.2 Å². The molecule has 24 heteroatoms. The molecule has 0 bridgehead atoms. The number of alkyl carbamates (subject to hydrolysis) is 1. The van der Waals surface area contributed by atoms with Crippen LogP contribution < -0.4 is 36.0 Å². The number of ether oxygens (including phenoxy) is 3. The normalized spacial score (nSPS) is 13.6. The van der Waals surface area contributed by atoms with E-state index in [1.54, 1.807) is 69.4 Å². The first-order chi connectivity index (χ1) is 35.3. The predicted octanol–water partition coefficient (Wildman–Crippen LogP) is 3.09. The zero-order valence-electron chi connectivity index (χ0n) is 41.5. The number of aromatic nitrogens is 2. The number of amides is 3. The molecule has 6 rings (SSSR count). The van der Waals surface area contributed by atoms with Crippen LogP contribution in [-0.4, -0.2) is 126 Å². The maximum Gasteiger partial charge on any atom is 0.408 e. The predicted molar refractivity (Wildman–Crippen MR) is 274 cm³/mol. The maximum atomic E-state index is 13.5. The van der Waals surface area contributed by atoms with Crippen molar-refractivity contribution in [1.29, 1.82) is 0 Å². The first-order valence-corrected chi connectivity index (χ1v) is 26.8. The molecular formula is C50H62N10O12S2. The van der Waals surface area contributed by atoms with Gasteiger partial charge in [-0.1, -0.05) is 54.6 Å². The lowest BCUT2D eigenvalue weighted by atomic mass is 10.1. The van der Waals surface area contributed by atoms with Gasteiger partial charge in [-0.2, -0.15) is 9.82 Å². The third-order valence-corrected chi connectivity index (χ3v) is 14.1. The number of aliphatic imine (C=N–C) groups is 1. The molecule has 0 saturated heterocycles. The van der Waals surface area contributed by atoms with Gasteiger partial charge in [0.2, 0.25) is 26.0 Å². The smallest absolute Gasteiger partial charge is 0.408 e. The minimum atomic E-state index is -4.33. The number of nitrogens with zero attached hydrogens (tertiary/aromatic N) is 3. The van der Waals surface area contributed by atoms with E-state index in [-0.39, 0.29) is 47.9 Å². The molecule has 396 valence electrons. The number of aryl methyl sites for hydroxylation is 1. The topological polar surface area (TPSA) is 296 Å². The van der Waals surface area contributed by atoms with E-state index in [4.69, 9.17) is 14.2 Å². The third-order valence-electron chi connectivity index (χ3n) is 11.1. The highest BCUT2D eigenvalue weighted by atomic mass is 32.2. The number of carbonyl (C=O) groups excluding carboxylic acids is 5. The van der Waals surface area contributed by atoms with Crippen molar-refractivity contribution in [1.82, 2.24) is 45.8 Å². The van der Waals surface area contributed by atoms with Crippen molar-refractivity contribution < 1.29 is 55.0 Å². The number of sulfonamides is 2. The zero-order valence-corrected chi connectivity index (χ0v) is 43.1. The number of benzene rings is 4. The number of esters is 2. The number of nitrogens with one attached hydrogen (secondary N) is 7. The molecule has 0 aliphatic carbocycles. The van der Waals surface area contributed by atoms with Crippen molar-refractivity contribution in [3.05, 3.63) is 114 Å². The molecule has 5 aromatic rings. The molecule has 2 unspecified atom stereocenters. The number of hydrogen-bond donors (Lipinski definition) is 7. The Kier molecular flexibility index (Phi) is 19.6. The summed E-state index contributed by atoms with van der Waals surface area (Å²) in [6, 6.07) is 22.7. The van der Waals surface area contributed by atoms with Crippen LogP contribution in [0.2, 0.25) is 0 Å².